The van der Waals surface area contributed by atoms with Crippen molar-refractivity contribution < 1.29 is 0 Å². The van der Waals surface area contributed by atoms with Crippen LogP contribution in [0.2, 0.25) is 0 Å². The monoisotopic (exact) mass is 263 g/mol. The van der Waals surface area contributed by atoms with Crippen molar-refractivity contribution in [3.05, 3.63) is 71.3 Å². The molecule has 1 heterocycles. The van der Waals surface area contributed by atoms with E-state index in [1.54, 1.807) is 11.1 Å². The number of benzene rings is 2. The lowest BCUT2D eigenvalue weighted by Gasteiger charge is -2.33. The van der Waals surface area contributed by atoms with E-state index in [4.69, 9.17) is 0 Å². The molecule has 2 aromatic carbocycles. The van der Waals surface area contributed by atoms with Gasteiger partial charge in [-0.3, -0.25) is 4.90 Å². The van der Waals surface area contributed by atoms with Crippen LogP contribution >= 0.6 is 0 Å². The minimum absolute atomic E-state index is 0.675. The third-order valence-electron chi connectivity index (χ3n) is 5.04. The van der Waals surface area contributed by atoms with Gasteiger partial charge in [0.15, 0.2) is 0 Å². The van der Waals surface area contributed by atoms with Crippen LogP contribution < -0.4 is 0 Å². The molecule has 0 radical (unpaired) electrons. The lowest BCUT2D eigenvalue weighted by molar-refractivity contribution is 0.155. The predicted octanol–water partition coefficient (Wildman–Crippen LogP) is 4.16. The first-order valence-electron chi connectivity index (χ1n) is 7.78. The number of fused-ring (bicyclic) bond motifs is 5. The molecule has 1 fully saturated rings. The van der Waals surface area contributed by atoms with Crippen molar-refractivity contribution in [2.75, 3.05) is 13.1 Å². The summed E-state index contributed by atoms with van der Waals surface area (Å²) in [6.45, 7) is 2.45. The average molecular weight is 263 g/mol. The predicted molar refractivity (Wildman–Crippen MR) is 82.9 cm³/mol. The molecular formula is C19H21N. The zero-order valence-corrected chi connectivity index (χ0v) is 11.8. The van der Waals surface area contributed by atoms with Crippen LogP contribution in [0.5, 0.6) is 0 Å². The van der Waals surface area contributed by atoms with Crippen molar-refractivity contribution >= 4 is 0 Å². The number of rotatable bonds is 3. The highest BCUT2D eigenvalue weighted by atomic mass is 15.2. The summed E-state index contributed by atoms with van der Waals surface area (Å²) >= 11 is 0. The Bertz CT molecular complexity index is 590. The van der Waals surface area contributed by atoms with Gasteiger partial charge in [0.1, 0.15) is 0 Å². The van der Waals surface area contributed by atoms with E-state index in [0.717, 1.165) is 5.92 Å². The average Bonchev–Trinajstić information content (AvgIpc) is 2.82. The van der Waals surface area contributed by atoms with Gasteiger partial charge in [0.05, 0.1) is 0 Å². The van der Waals surface area contributed by atoms with Gasteiger partial charge in [0.2, 0.25) is 0 Å². The standard InChI is InChI=1S/C19H21N/c1-2-6-15(7-3-1)10-12-20-13-11-16-14-19(20)18-9-5-4-8-17(16)18/h1-9,16,19H,10-14H2/t16-,19?/m0/s1. The summed E-state index contributed by atoms with van der Waals surface area (Å²) in [6.07, 6.45) is 3.85. The van der Waals surface area contributed by atoms with Crippen molar-refractivity contribution in [3.63, 3.8) is 0 Å². The summed E-state index contributed by atoms with van der Waals surface area (Å²) < 4.78 is 0. The summed E-state index contributed by atoms with van der Waals surface area (Å²) in [5.74, 6) is 0.823. The van der Waals surface area contributed by atoms with Crippen molar-refractivity contribution in [2.45, 2.75) is 31.2 Å². The van der Waals surface area contributed by atoms with Crippen LogP contribution in [-0.4, -0.2) is 18.0 Å². The SMILES string of the molecule is c1ccc(CCN2CC[C@H]3CC2c2ccccc23)cc1. The Morgan fingerprint density at radius 2 is 1.65 bits per heavy atom. The first kappa shape index (κ1) is 12.2. The Balaban J connectivity index is 1.51. The fourth-order valence-electron chi connectivity index (χ4n) is 3.99. The first-order chi connectivity index (χ1) is 9.92. The molecule has 1 nitrogen and oxygen atoms in total. The summed E-state index contributed by atoms with van der Waals surface area (Å²) in [7, 11) is 0. The maximum atomic E-state index is 2.70. The summed E-state index contributed by atoms with van der Waals surface area (Å²) in [5, 5.41) is 0. The van der Waals surface area contributed by atoms with Gasteiger partial charge in [-0.15, -0.1) is 0 Å². The summed E-state index contributed by atoms with van der Waals surface area (Å²) in [6, 6.07) is 20.7. The van der Waals surface area contributed by atoms with Crippen LogP contribution in [0.4, 0.5) is 0 Å². The van der Waals surface area contributed by atoms with Crippen LogP contribution in [0, 0.1) is 0 Å². The third kappa shape index (κ3) is 2.06. The smallest absolute Gasteiger partial charge is 0.0356 e. The van der Waals surface area contributed by atoms with Gasteiger partial charge in [-0.1, -0.05) is 54.6 Å². The van der Waals surface area contributed by atoms with Gasteiger partial charge in [-0.2, -0.15) is 0 Å². The molecule has 1 unspecified atom stereocenters. The number of likely N-dealkylation sites (tertiary alicyclic amines) is 1. The Kier molecular flexibility index (Phi) is 3.08. The molecule has 20 heavy (non-hydrogen) atoms. The van der Waals surface area contributed by atoms with Gasteiger partial charge < -0.3 is 0 Å². The van der Waals surface area contributed by atoms with E-state index in [1.807, 2.05) is 0 Å². The highest BCUT2D eigenvalue weighted by molar-refractivity contribution is 5.39. The first-order valence-corrected chi connectivity index (χ1v) is 7.78. The van der Waals surface area contributed by atoms with Gasteiger partial charge >= 0.3 is 0 Å². The largest absolute Gasteiger partial charge is 0.296 e. The molecule has 0 saturated carbocycles. The molecule has 1 heteroatoms. The lowest BCUT2D eigenvalue weighted by Crippen LogP contribution is -2.33. The molecule has 2 bridgehead atoms. The van der Waals surface area contributed by atoms with Gasteiger partial charge in [-0.25, -0.2) is 0 Å². The summed E-state index contributed by atoms with van der Waals surface area (Å²) in [4.78, 5) is 2.70. The van der Waals surface area contributed by atoms with Crippen molar-refractivity contribution in [1.29, 1.82) is 0 Å². The van der Waals surface area contributed by atoms with E-state index in [-0.39, 0.29) is 0 Å². The third-order valence-corrected chi connectivity index (χ3v) is 5.04. The number of hydrogen-bond acceptors (Lipinski definition) is 1. The minimum atomic E-state index is 0.675. The van der Waals surface area contributed by atoms with Gasteiger partial charge in [0, 0.05) is 12.6 Å². The molecule has 1 saturated heterocycles. The maximum Gasteiger partial charge on any atom is 0.0356 e. The molecule has 1 aliphatic heterocycles. The topological polar surface area (TPSA) is 3.24 Å². The highest BCUT2D eigenvalue weighted by Gasteiger charge is 2.37. The van der Waals surface area contributed by atoms with Crippen LogP contribution in [0.1, 0.15) is 41.5 Å². The van der Waals surface area contributed by atoms with E-state index in [9.17, 15) is 0 Å². The van der Waals surface area contributed by atoms with E-state index < -0.39 is 0 Å². The van der Waals surface area contributed by atoms with Gasteiger partial charge in [-0.05, 0) is 48.4 Å². The fraction of sp³-hybridized carbons (Fsp3) is 0.368. The lowest BCUT2D eigenvalue weighted by atomic mass is 9.95. The van der Waals surface area contributed by atoms with Crippen LogP contribution in [0.3, 0.4) is 0 Å². The Hall–Kier alpha value is -1.60. The molecule has 2 aromatic rings. The second-order valence-electron chi connectivity index (χ2n) is 6.14. The van der Waals surface area contributed by atoms with Crippen molar-refractivity contribution in [2.24, 2.45) is 0 Å². The maximum absolute atomic E-state index is 2.70. The van der Waals surface area contributed by atoms with Crippen LogP contribution in [0.25, 0.3) is 0 Å². The molecule has 2 atom stereocenters. The molecule has 1 aliphatic carbocycles. The summed E-state index contributed by atoms with van der Waals surface area (Å²) in [5.41, 5.74) is 4.68. The second-order valence-corrected chi connectivity index (χ2v) is 6.14. The molecule has 4 rings (SSSR count). The van der Waals surface area contributed by atoms with Crippen LogP contribution in [-0.2, 0) is 6.42 Å². The quantitative estimate of drug-likeness (QED) is 0.803. The van der Waals surface area contributed by atoms with Crippen molar-refractivity contribution in [3.8, 4) is 0 Å². The molecular weight excluding hydrogens is 242 g/mol. The highest BCUT2D eigenvalue weighted by Crippen LogP contribution is 2.48. The normalized spacial score (nSPS) is 24.6. The molecule has 102 valence electrons. The van der Waals surface area contributed by atoms with Crippen LogP contribution in [0.15, 0.2) is 54.6 Å². The van der Waals surface area contributed by atoms with E-state index in [1.165, 1.54) is 37.9 Å². The van der Waals surface area contributed by atoms with E-state index in [0.29, 0.717) is 6.04 Å². The number of piperidine rings is 1. The Morgan fingerprint density at radius 3 is 2.50 bits per heavy atom. The van der Waals surface area contributed by atoms with E-state index in [2.05, 4.69) is 59.5 Å². The zero-order valence-electron chi connectivity index (χ0n) is 11.8. The number of hydrogen-bond donors (Lipinski definition) is 0. The van der Waals surface area contributed by atoms with Gasteiger partial charge in [0.25, 0.3) is 0 Å². The minimum Gasteiger partial charge on any atom is -0.296 e. The Morgan fingerprint density at radius 1 is 0.900 bits per heavy atom. The Labute approximate surface area is 121 Å². The fourth-order valence-corrected chi connectivity index (χ4v) is 3.99. The molecule has 0 N–H and O–H groups in total. The molecule has 0 spiro atoms. The second kappa shape index (κ2) is 5.06. The molecule has 2 aliphatic rings. The van der Waals surface area contributed by atoms with E-state index >= 15 is 0 Å². The number of nitrogens with zero attached hydrogens (tertiary/aromatic N) is 1. The van der Waals surface area contributed by atoms with Crippen molar-refractivity contribution in [1.82, 2.24) is 4.90 Å². The molecule has 0 aromatic heterocycles. The zero-order chi connectivity index (χ0) is 13.4. The molecule has 0 amide bonds.